The zero-order valence-corrected chi connectivity index (χ0v) is 7.55. The van der Waals surface area contributed by atoms with Gasteiger partial charge in [-0.15, -0.1) is 0 Å². The van der Waals surface area contributed by atoms with Crippen LogP contribution in [0, 0.1) is 0 Å². The number of rotatable bonds is 6. The Labute approximate surface area is 73.1 Å². The van der Waals surface area contributed by atoms with E-state index < -0.39 is 0 Å². The third-order valence-corrected chi connectivity index (χ3v) is 1.66. The van der Waals surface area contributed by atoms with Gasteiger partial charge in [0.25, 0.3) is 0 Å². The van der Waals surface area contributed by atoms with Crippen LogP contribution < -0.4 is 11.1 Å². The maximum absolute atomic E-state index is 11.0. The van der Waals surface area contributed by atoms with Gasteiger partial charge >= 0.3 is 0 Å². The van der Waals surface area contributed by atoms with E-state index in [0.717, 1.165) is 12.8 Å². The molecule has 0 saturated heterocycles. The Morgan fingerprint density at radius 1 is 1.58 bits per heavy atom. The first-order valence-corrected chi connectivity index (χ1v) is 4.36. The molecule has 0 heterocycles. The van der Waals surface area contributed by atoms with E-state index in [2.05, 4.69) is 5.32 Å². The summed E-state index contributed by atoms with van der Waals surface area (Å²) in [5, 5.41) is 11.1. The van der Waals surface area contributed by atoms with Crippen molar-refractivity contribution in [2.75, 3.05) is 13.2 Å². The molecule has 0 aromatic carbocycles. The number of carbonyl (C=O) groups excluding carboxylic acids is 1. The van der Waals surface area contributed by atoms with Gasteiger partial charge in [-0.25, -0.2) is 0 Å². The molecule has 12 heavy (non-hydrogen) atoms. The molecular formula is C8H18N2O2. The molecule has 0 rings (SSSR count). The highest BCUT2D eigenvalue weighted by Gasteiger charge is 2.08. The van der Waals surface area contributed by atoms with Crippen molar-refractivity contribution in [3.8, 4) is 0 Å². The molecule has 0 radical (unpaired) electrons. The normalized spacial score (nSPS) is 12.6. The second kappa shape index (κ2) is 7.06. The first-order chi connectivity index (χ1) is 5.72. The number of unbranched alkanes of at least 4 members (excludes halogenated alkanes) is 1. The lowest BCUT2D eigenvalue weighted by Gasteiger charge is -2.08. The summed E-state index contributed by atoms with van der Waals surface area (Å²) in [6.07, 6.45) is 2.19. The van der Waals surface area contributed by atoms with E-state index in [-0.39, 0.29) is 18.6 Å². The number of hydrogen-bond acceptors (Lipinski definition) is 3. The van der Waals surface area contributed by atoms with Gasteiger partial charge in [-0.3, -0.25) is 4.79 Å². The van der Waals surface area contributed by atoms with Gasteiger partial charge in [-0.1, -0.05) is 6.92 Å². The van der Waals surface area contributed by atoms with Gasteiger partial charge in [0.1, 0.15) is 0 Å². The van der Waals surface area contributed by atoms with Crippen LogP contribution in [-0.4, -0.2) is 30.2 Å². The molecule has 4 nitrogen and oxygen atoms in total. The second-order valence-electron chi connectivity index (χ2n) is 2.74. The average Bonchev–Trinajstić information content (AvgIpc) is 2.10. The van der Waals surface area contributed by atoms with E-state index in [1.807, 2.05) is 6.92 Å². The molecule has 1 atom stereocenters. The maximum atomic E-state index is 11.0. The highest BCUT2D eigenvalue weighted by atomic mass is 16.2. The van der Waals surface area contributed by atoms with Gasteiger partial charge in [0.2, 0.25) is 5.91 Å². The number of aliphatic hydroxyl groups is 1. The van der Waals surface area contributed by atoms with Gasteiger partial charge < -0.3 is 16.2 Å². The van der Waals surface area contributed by atoms with Crippen LogP contribution in [-0.2, 0) is 4.79 Å². The molecule has 0 aliphatic carbocycles. The molecule has 0 aliphatic heterocycles. The standard InChI is InChI=1S/C8H18N2O2/c1-2-7(9)8(12)10-5-3-4-6-11/h7,11H,2-6,9H2,1H3,(H,10,12)/t7-/m0/s1. The first kappa shape index (κ1) is 11.4. The smallest absolute Gasteiger partial charge is 0.236 e. The summed E-state index contributed by atoms with van der Waals surface area (Å²) in [5.74, 6) is -0.101. The molecule has 72 valence electrons. The lowest BCUT2D eigenvalue weighted by atomic mass is 10.2. The van der Waals surface area contributed by atoms with Crippen LogP contribution in [0.5, 0.6) is 0 Å². The summed E-state index contributed by atoms with van der Waals surface area (Å²) in [6.45, 7) is 2.65. The summed E-state index contributed by atoms with van der Waals surface area (Å²) >= 11 is 0. The van der Waals surface area contributed by atoms with Crippen LogP contribution in [0.2, 0.25) is 0 Å². The Bertz CT molecular complexity index is 128. The van der Waals surface area contributed by atoms with Gasteiger partial charge in [0.05, 0.1) is 6.04 Å². The van der Waals surface area contributed by atoms with E-state index in [4.69, 9.17) is 10.8 Å². The summed E-state index contributed by atoms with van der Waals surface area (Å²) in [5.41, 5.74) is 5.47. The minimum absolute atomic E-state index is 0.101. The molecule has 0 bridgehead atoms. The fourth-order valence-electron chi connectivity index (χ4n) is 0.765. The van der Waals surface area contributed by atoms with Crippen LogP contribution in [0.1, 0.15) is 26.2 Å². The van der Waals surface area contributed by atoms with E-state index in [9.17, 15) is 4.79 Å². The molecule has 0 spiro atoms. The van der Waals surface area contributed by atoms with Gasteiger partial charge in [0, 0.05) is 13.2 Å². The highest BCUT2D eigenvalue weighted by Crippen LogP contribution is 1.87. The third kappa shape index (κ3) is 5.09. The predicted octanol–water partition coefficient (Wildman–Crippen LogP) is -0.388. The number of carbonyl (C=O) groups is 1. The number of nitrogens with one attached hydrogen (secondary N) is 1. The summed E-state index contributed by atoms with van der Waals surface area (Å²) in [4.78, 5) is 11.0. The average molecular weight is 174 g/mol. The molecule has 0 aromatic rings. The Morgan fingerprint density at radius 2 is 2.25 bits per heavy atom. The minimum Gasteiger partial charge on any atom is -0.396 e. The lowest BCUT2D eigenvalue weighted by molar-refractivity contribution is -0.122. The summed E-state index contributed by atoms with van der Waals surface area (Å²) in [6, 6.07) is -0.390. The molecular weight excluding hydrogens is 156 g/mol. The molecule has 0 fully saturated rings. The first-order valence-electron chi connectivity index (χ1n) is 4.36. The Hall–Kier alpha value is -0.610. The quantitative estimate of drug-likeness (QED) is 0.480. The second-order valence-corrected chi connectivity index (χ2v) is 2.74. The molecule has 0 unspecified atom stereocenters. The van der Waals surface area contributed by atoms with Crippen molar-refractivity contribution in [2.24, 2.45) is 5.73 Å². The zero-order chi connectivity index (χ0) is 9.40. The summed E-state index contributed by atoms with van der Waals surface area (Å²) < 4.78 is 0. The number of nitrogens with two attached hydrogens (primary N) is 1. The number of aliphatic hydroxyl groups excluding tert-OH is 1. The topological polar surface area (TPSA) is 75.4 Å². The van der Waals surface area contributed by atoms with E-state index in [1.165, 1.54) is 0 Å². The number of amides is 1. The van der Waals surface area contributed by atoms with Crippen molar-refractivity contribution in [1.82, 2.24) is 5.32 Å². The largest absolute Gasteiger partial charge is 0.396 e. The van der Waals surface area contributed by atoms with Crippen molar-refractivity contribution in [1.29, 1.82) is 0 Å². The molecule has 1 amide bonds. The van der Waals surface area contributed by atoms with E-state index in [0.29, 0.717) is 13.0 Å². The molecule has 0 saturated carbocycles. The fraction of sp³-hybridized carbons (Fsp3) is 0.875. The van der Waals surface area contributed by atoms with Gasteiger partial charge in [-0.05, 0) is 19.3 Å². The summed E-state index contributed by atoms with van der Waals surface area (Å²) in [7, 11) is 0. The maximum Gasteiger partial charge on any atom is 0.236 e. The van der Waals surface area contributed by atoms with Crippen LogP contribution >= 0.6 is 0 Å². The fourth-order valence-corrected chi connectivity index (χ4v) is 0.765. The highest BCUT2D eigenvalue weighted by molar-refractivity contribution is 5.81. The van der Waals surface area contributed by atoms with Crippen LogP contribution in [0.3, 0.4) is 0 Å². The molecule has 0 aliphatic rings. The van der Waals surface area contributed by atoms with Crippen molar-refractivity contribution in [3.05, 3.63) is 0 Å². The Balaban J connectivity index is 3.31. The van der Waals surface area contributed by atoms with E-state index in [1.54, 1.807) is 0 Å². The monoisotopic (exact) mass is 174 g/mol. The van der Waals surface area contributed by atoms with Crippen molar-refractivity contribution in [3.63, 3.8) is 0 Å². The van der Waals surface area contributed by atoms with Gasteiger partial charge in [0.15, 0.2) is 0 Å². The van der Waals surface area contributed by atoms with Crippen LogP contribution in [0.15, 0.2) is 0 Å². The Kier molecular flexibility index (Phi) is 6.70. The lowest BCUT2D eigenvalue weighted by Crippen LogP contribution is -2.40. The van der Waals surface area contributed by atoms with Gasteiger partial charge in [-0.2, -0.15) is 0 Å². The van der Waals surface area contributed by atoms with Crippen molar-refractivity contribution < 1.29 is 9.90 Å². The van der Waals surface area contributed by atoms with Crippen LogP contribution in [0.4, 0.5) is 0 Å². The third-order valence-electron chi connectivity index (χ3n) is 1.66. The van der Waals surface area contributed by atoms with Crippen molar-refractivity contribution in [2.45, 2.75) is 32.2 Å². The Morgan fingerprint density at radius 3 is 2.75 bits per heavy atom. The van der Waals surface area contributed by atoms with Crippen molar-refractivity contribution >= 4 is 5.91 Å². The molecule has 0 aromatic heterocycles. The predicted molar refractivity (Wildman–Crippen MR) is 47.6 cm³/mol. The van der Waals surface area contributed by atoms with Crippen LogP contribution in [0.25, 0.3) is 0 Å². The molecule has 4 N–H and O–H groups in total. The van der Waals surface area contributed by atoms with E-state index >= 15 is 0 Å². The number of hydrogen-bond donors (Lipinski definition) is 3. The molecule has 4 heteroatoms. The zero-order valence-electron chi connectivity index (χ0n) is 7.55. The minimum atomic E-state index is -0.390. The SMILES string of the molecule is CC[C@H](N)C(=O)NCCCCO.